The Kier molecular flexibility index (Phi) is 6.08. The minimum absolute atomic E-state index is 0.100. The number of aromatic nitrogens is 3. The number of nitrogens with zero attached hydrogens (tertiary/aromatic N) is 4. The molecule has 0 unspecified atom stereocenters. The standard InChI is InChI=1S/C19H28N4O3/c1-15(2)26-14-10-16-7-3-5-11-21(16)18(24)9-13-23-19(25)22-12-6-4-8-17(22)20-23/h4,6,8,12,15-16H,3,5,7,9-11,13-14H2,1-2H3/t16-/m1/s1. The number of hydrogen-bond donors (Lipinski definition) is 0. The second-order valence-corrected chi connectivity index (χ2v) is 7.13. The summed E-state index contributed by atoms with van der Waals surface area (Å²) < 4.78 is 8.54. The summed E-state index contributed by atoms with van der Waals surface area (Å²) in [6.07, 6.45) is 6.30. The van der Waals surface area contributed by atoms with Crippen LogP contribution in [0.15, 0.2) is 29.2 Å². The number of carbonyl (C=O) groups excluding carboxylic acids is 1. The largest absolute Gasteiger partial charge is 0.379 e. The normalized spacial score (nSPS) is 18.0. The van der Waals surface area contributed by atoms with Gasteiger partial charge in [-0.3, -0.25) is 9.20 Å². The summed E-state index contributed by atoms with van der Waals surface area (Å²) in [7, 11) is 0. The summed E-state index contributed by atoms with van der Waals surface area (Å²) in [4.78, 5) is 27.0. The number of aryl methyl sites for hydroxylation is 1. The number of likely N-dealkylation sites (tertiary alicyclic amines) is 1. The van der Waals surface area contributed by atoms with E-state index in [0.717, 1.165) is 32.2 Å². The van der Waals surface area contributed by atoms with Gasteiger partial charge in [-0.2, -0.15) is 0 Å². The van der Waals surface area contributed by atoms with E-state index >= 15 is 0 Å². The highest BCUT2D eigenvalue weighted by molar-refractivity contribution is 5.76. The van der Waals surface area contributed by atoms with E-state index in [1.807, 2.05) is 24.8 Å². The fraction of sp³-hybridized carbons (Fsp3) is 0.632. The van der Waals surface area contributed by atoms with Crippen LogP contribution in [0.3, 0.4) is 0 Å². The van der Waals surface area contributed by atoms with Gasteiger partial charge in [-0.25, -0.2) is 9.48 Å². The van der Waals surface area contributed by atoms with Crippen LogP contribution in [0.1, 0.15) is 46.0 Å². The van der Waals surface area contributed by atoms with Crippen molar-refractivity contribution in [3.8, 4) is 0 Å². The molecular weight excluding hydrogens is 332 g/mol. The second kappa shape index (κ2) is 8.49. The molecule has 1 fully saturated rings. The molecule has 0 radical (unpaired) electrons. The molecule has 0 N–H and O–H groups in total. The molecule has 26 heavy (non-hydrogen) atoms. The van der Waals surface area contributed by atoms with Crippen LogP contribution < -0.4 is 5.69 Å². The lowest BCUT2D eigenvalue weighted by atomic mass is 9.99. The van der Waals surface area contributed by atoms with Gasteiger partial charge >= 0.3 is 5.69 Å². The zero-order valence-electron chi connectivity index (χ0n) is 15.6. The van der Waals surface area contributed by atoms with Gasteiger partial charge in [0.1, 0.15) is 0 Å². The predicted molar refractivity (Wildman–Crippen MR) is 99.1 cm³/mol. The smallest absolute Gasteiger partial charge is 0.350 e. The average Bonchev–Trinajstić information content (AvgIpc) is 2.96. The number of piperidine rings is 1. The summed E-state index contributed by atoms with van der Waals surface area (Å²) in [6.45, 7) is 5.83. The number of amides is 1. The maximum absolute atomic E-state index is 12.7. The summed E-state index contributed by atoms with van der Waals surface area (Å²) >= 11 is 0. The van der Waals surface area contributed by atoms with Crippen molar-refractivity contribution in [2.24, 2.45) is 0 Å². The van der Waals surface area contributed by atoms with Crippen molar-refractivity contribution in [1.29, 1.82) is 0 Å². The number of pyridine rings is 1. The number of carbonyl (C=O) groups is 1. The molecule has 7 nitrogen and oxygen atoms in total. The molecule has 2 aromatic heterocycles. The highest BCUT2D eigenvalue weighted by Gasteiger charge is 2.26. The van der Waals surface area contributed by atoms with E-state index in [4.69, 9.17) is 4.74 Å². The van der Waals surface area contributed by atoms with E-state index in [1.54, 1.807) is 18.3 Å². The van der Waals surface area contributed by atoms with Crippen LogP contribution in [0.4, 0.5) is 0 Å². The van der Waals surface area contributed by atoms with Crippen LogP contribution >= 0.6 is 0 Å². The third kappa shape index (κ3) is 4.33. The number of hydrogen-bond acceptors (Lipinski definition) is 4. The van der Waals surface area contributed by atoms with Crippen molar-refractivity contribution in [2.45, 2.75) is 64.6 Å². The molecular formula is C19H28N4O3. The minimum Gasteiger partial charge on any atom is -0.379 e. The Morgan fingerprint density at radius 2 is 2.19 bits per heavy atom. The Bertz CT molecular complexity index is 795. The molecule has 0 saturated carbocycles. The average molecular weight is 360 g/mol. The van der Waals surface area contributed by atoms with Crippen LogP contribution in [-0.4, -0.2) is 50.3 Å². The van der Waals surface area contributed by atoms with Gasteiger partial charge in [-0.05, 0) is 51.7 Å². The molecule has 0 aromatic carbocycles. The molecule has 0 bridgehead atoms. The molecule has 1 aliphatic rings. The lowest BCUT2D eigenvalue weighted by Crippen LogP contribution is -2.44. The summed E-state index contributed by atoms with van der Waals surface area (Å²) in [5, 5.41) is 4.29. The van der Waals surface area contributed by atoms with Gasteiger partial charge in [0.25, 0.3) is 0 Å². The Labute approximate surface area is 153 Å². The number of ether oxygens (including phenoxy) is 1. The van der Waals surface area contributed by atoms with E-state index in [9.17, 15) is 9.59 Å². The van der Waals surface area contributed by atoms with E-state index in [1.165, 1.54) is 9.08 Å². The van der Waals surface area contributed by atoms with Crippen LogP contribution in [0, 0.1) is 0 Å². The van der Waals surface area contributed by atoms with Gasteiger partial charge in [0.05, 0.1) is 12.6 Å². The van der Waals surface area contributed by atoms with Crippen LogP contribution in [-0.2, 0) is 16.1 Å². The lowest BCUT2D eigenvalue weighted by molar-refractivity contribution is -0.135. The third-order valence-electron chi connectivity index (χ3n) is 4.88. The van der Waals surface area contributed by atoms with Crippen molar-refractivity contribution in [2.75, 3.05) is 13.2 Å². The fourth-order valence-electron chi connectivity index (χ4n) is 3.53. The lowest BCUT2D eigenvalue weighted by Gasteiger charge is -2.36. The van der Waals surface area contributed by atoms with E-state index in [-0.39, 0.29) is 23.7 Å². The molecule has 2 aromatic rings. The molecule has 3 rings (SSSR count). The maximum atomic E-state index is 12.7. The molecule has 0 aliphatic carbocycles. The molecule has 1 atom stereocenters. The van der Waals surface area contributed by atoms with Gasteiger partial charge < -0.3 is 9.64 Å². The first kappa shape index (κ1) is 18.6. The first-order valence-corrected chi connectivity index (χ1v) is 9.51. The van der Waals surface area contributed by atoms with Crippen molar-refractivity contribution in [3.05, 3.63) is 34.9 Å². The van der Waals surface area contributed by atoms with E-state index in [0.29, 0.717) is 25.2 Å². The van der Waals surface area contributed by atoms with Gasteiger partial charge in [-0.15, -0.1) is 5.10 Å². The van der Waals surface area contributed by atoms with Crippen molar-refractivity contribution >= 4 is 11.6 Å². The molecule has 3 heterocycles. The Morgan fingerprint density at radius 3 is 2.96 bits per heavy atom. The fourth-order valence-corrected chi connectivity index (χ4v) is 3.53. The first-order chi connectivity index (χ1) is 12.6. The summed E-state index contributed by atoms with van der Waals surface area (Å²) in [6, 6.07) is 5.67. The first-order valence-electron chi connectivity index (χ1n) is 9.51. The zero-order chi connectivity index (χ0) is 18.5. The highest BCUT2D eigenvalue weighted by atomic mass is 16.5. The predicted octanol–water partition coefficient (Wildman–Crippen LogP) is 2.08. The molecule has 142 valence electrons. The molecule has 7 heteroatoms. The quantitative estimate of drug-likeness (QED) is 0.758. The number of fused-ring (bicyclic) bond motifs is 1. The van der Waals surface area contributed by atoms with Crippen molar-refractivity contribution in [3.63, 3.8) is 0 Å². The Hall–Kier alpha value is -2.15. The number of rotatable bonds is 7. The van der Waals surface area contributed by atoms with E-state index < -0.39 is 0 Å². The van der Waals surface area contributed by atoms with Crippen LogP contribution in [0.25, 0.3) is 5.65 Å². The van der Waals surface area contributed by atoms with Gasteiger partial charge in [0, 0.05) is 31.8 Å². The molecule has 1 saturated heterocycles. The zero-order valence-corrected chi connectivity index (χ0v) is 15.6. The molecule has 1 aliphatic heterocycles. The van der Waals surface area contributed by atoms with Gasteiger partial charge in [0.2, 0.25) is 5.91 Å². The summed E-state index contributed by atoms with van der Waals surface area (Å²) in [5.74, 6) is 0.100. The minimum atomic E-state index is -0.200. The van der Waals surface area contributed by atoms with E-state index in [2.05, 4.69) is 5.10 Å². The van der Waals surface area contributed by atoms with Crippen LogP contribution in [0.5, 0.6) is 0 Å². The summed E-state index contributed by atoms with van der Waals surface area (Å²) in [5.41, 5.74) is 0.403. The van der Waals surface area contributed by atoms with Crippen LogP contribution in [0.2, 0.25) is 0 Å². The van der Waals surface area contributed by atoms with Gasteiger partial charge in [-0.1, -0.05) is 6.07 Å². The SMILES string of the molecule is CC(C)OCC[C@H]1CCCCN1C(=O)CCn1nc2ccccn2c1=O. The topological polar surface area (TPSA) is 68.8 Å². The Balaban J connectivity index is 1.60. The van der Waals surface area contributed by atoms with Crippen molar-refractivity contribution in [1.82, 2.24) is 19.1 Å². The Morgan fingerprint density at radius 1 is 1.35 bits per heavy atom. The molecule has 0 spiro atoms. The highest BCUT2D eigenvalue weighted by Crippen LogP contribution is 2.21. The monoisotopic (exact) mass is 360 g/mol. The third-order valence-corrected chi connectivity index (χ3v) is 4.88. The van der Waals surface area contributed by atoms with Gasteiger partial charge in [0.15, 0.2) is 5.65 Å². The maximum Gasteiger partial charge on any atom is 0.350 e. The second-order valence-electron chi connectivity index (χ2n) is 7.13. The molecule has 1 amide bonds. The van der Waals surface area contributed by atoms with Crippen molar-refractivity contribution < 1.29 is 9.53 Å².